The summed E-state index contributed by atoms with van der Waals surface area (Å²) in [6.07, 6.45) is 2.40. The van der Waals surface area contributed by atoms with E-state index in [1.54, 1.807) is 12.1 Å². The molecule has 6 nitrogen and oxygen atoms in total. The van der Waals surface area contributed by atoms with E-state index in [-0.39, 0.29) is 5.69 Å². The number of aromatic nitrogens is 2. The molecule has 1 saturated heterocycles. The fourth-order valence-electron chi connectivity index (χ4n) is 1.72. The van der Waals surface area contributed by atoms with Crippen LogP contribution in [0.3, 0.4) is 0 Å². The number of rotatable bonds is 4. The fraction of sp³-hybridized carbons (Fsp3) is 0.500. The number of anilines is 1. The van der Waals surface area contributed by atoms with Crippen LogP contribution in [0.2, 0.25) is 0 Å². The maximum absolute atomic E-state index is 10.8. The molecule has 2 rings (SSSR count). The number of primary amides is 1. The number of nitrogens with two attached hydrogens (primary N) is 1. The van der Waals surface area contributed by atoms with Crippen molar-refractivity contribution in [2.75, 3.05) is 18.4 Å². The predicted molar refractivity (Wildman–Crippen MR) is 60.1 cm³/mol. The van der Waals surface area contributed by atoms with Gasteiger partial charge in [-0.15, -0.1) is 10.2 Å². The zero-order valence-electron chi connectivity index (χ0n) is 8.94. The van der Waals surface area contributed by atoms with E-state index in [1.807, 2.05) is 0 Å². The standard InChI is InChI=1S/C10H15N5O/c11-10(16)8-3-4-9(15-14-8)13-6-7-2-1-5-12-7/h3-4,7,12H,1-2,5-6H2,(H2,11,16)(H,13,15). The van der Waals surface area contributed by atoms with Crippen LogP contribution in [0, 0.1) is 0 Å². The molecule has 1 fully saturated rings. The third-order valence-corrected chi connectivity index (χ3v) is 2.61. The van der Waals surface area contributed by atoms with Crippen LogP contribution in [0.25, 0.3) is 0 Å². The molecule has 0 saturated carbocycles. The highest BCUT2D eigenvalue weighted by atomic mass is 16.1. The largest absolute Gasteiger partial charge is 0.367 e. The monoisotopic (exact) mass is 221 g/mol. The van der Waals surface area contributed by atoms with E-state index in [4.69, 9.17) is 5.73 Å². The summed E-state index contributed by atoms with van der Waals surface area (Å²) in [6, 6.07) is 3.78. The second-order valence-corrected chi connectivity index (χ2v) is 3.84. The molecule has 1 aliphatic rings. The summed E-state index contributed by atoms with van der Waals surface area (Å²) in [5.74, 6) is 0.107. The number of hydrogen-bond donors (Lipinski definition) is 3. The normalized spacial score (nSPS) is 19.6. The number of hydrogen-bond acceptors (Lipinski definition) is 5. The van der Waals surface area contributed by atoms with Crippen molar-refractivity contribution in [2.45, 2.75) is 18.9 Å². The van der Waals surface area contributed by atoms with Crippen LogP contribution in [0.4, 0.5) is 5.82 Å². The van der Waals surface area contributed by atoms with Gasteiger partial charge in [0.25, 0.3) is 5.91 Å². The van der Waals surface area contributed by atoms with Crippen molar-refractivity contribution in [3.8, 4) is 0 Å². The average Bonchev–Trinajstić information content (AvgIpc) is 2.80. The molecule has 86 valence electrons. The smallest absolute Gasteiger partial charge is 0.269 e. The quantitative estimate of drug-likeness (QED) is 0.651. The zero-order chi connectivity index (χ0) is 11.4. The Morgan fingerprint density at radius 1 is 1.56 bits per heavy atom. The summed E-state index contributed by atoms with van der Waals surface area (Å²) < 4.78 is 0. The van der Waals surface area contributed by atoms with Gasteiger partial charge in [-0.05, 0) is 31.5 Å². The molecule has 0 radical (unpaired) electrons. The first kappa shape index (κ1) is 10.8. The van der Waals surface area contributed by atoms with Gasteiger partial charge in [-0.3, -0.25) is 4.79 Å². The molecule has 4 N–H and O–H groups in total. The SMILES string of the molecule is NC(=O)c1ccc(NCC2CCCN2)nn1. The van der Waals surface area contributed by atoms with Crippen LogP contribution in [0.5, 0.6) is 0 Å². The van der Waals surface area contributed by atoms with Gasteiger partial charge in [0.2, 0.25) is 0 Å². The Kier molecular flexibility index (Phi) is 3.31. The van der Waals surface area contributed by atoms with Crippen LogP contribution in [0.1, 0.15) is 23.3 Å². The third-order valence-electron chi connectivity index (χ3n) is 2.61. The molecular formula is C10H15N5O. The van der Waals surface area contributed by atoms with Crippen molar-refractivity contribution in [3.05, 3.63) is 17.8 Å². The summed E-state index contributed by atoms with van der Waals surface area (Å²) in [6.45, 7) is 1.91. The number of nitrogens with one attached hydrogen (secondary N) is 2. The summed E-state index contributed by atoms with van der Waals surface area (Å²) in [5.41, 5.74) is 5.25. The lowest BCUT2D eigenvalue weighted by Crippen LogP contribution is -2.29. The first-order valence-electron chi connectivity index (χ1n) is 5.36. The van der Waals surface area contributed by atoms with Gasteiger partial charge in [-0.25, -0.2) is 0 Å². The Bertz CT molecular complexity index is 358. The first-order valence-corrected chi connectivity index (χ1v) is 5.36. The van der Waals surface area contributed by atoms with E-state index >= 15 is 0 Å². The molecule has 0 spiro atoms. The Hall–Kier alpha value is -1.69. The van der Waals surface area contributed by atoms with Crippen molar-refractivity contribution in [1.82, 2.24) is 15.5 Å². The van der Waals surface area contributed by atoms with E-state index in [0.29, 0.717) is 11.9 Å². The van der Waals surface area contributed by atoms with Crippen LogP contribution < -0.4 is 16.4 Å². The molecule has 0 aromatic carbocycles. The maximum atomic E-state index is 10.8. The molecule has 1 unspecified atom stereocenters. The second kappa shape index (κ2) is 4.89. The minimum absolute atomic E-state index is 0.185. The van der Waals surface area contributed by atoms with E-state index in [9.17, 15) is 4.79 Å². The topological polar surface area (TPSA) is 92.9 Å². The van der Waals surface area contributed by atoms with Gasteiger partial charge in [0.05, 0.1) is 0 Å². The van der Waals surface area contributed by atoms with Gasteiger partial charge >= 0.3 is 0 Å². The zero-order valence-corrected chi connectivity index (χ0v) is 8.94. The third kappa shape index (κ3) is 2.66. The molecule has 2 heterocycles. The Labute approximate surface area is 93.6 Å². The number of nitrogens with zero attached hydrogens (tertiary/aromatic N) is 2. The van der Waals surface area contributed by atoms with Crippen LogP contribution >= 0.6 is 0 Å². The number of amides is 1. The minimum atomic E-state index is -0.559. The van der Waals surface area contributed by atoms with Crippen molar-refractivity contribution in [1.29, 1.82) is 0 Å². The van der Waals surface area contributed by atoms with E-state index in [2.05, 4.69) is 20.8 Å². The molecule has 1 aliphatic heterocycles. The van der Waals surface area contributed by atoms with Gasteiger partial charge in [0.1, 0.15) is 5.82 Å². The van der Waals surface area contributed by atoms with E-state index in [0.717, 1.165) is 13.1 Å². The Balaban J connectivity index is 1.87. The lowest BCUT2D eigenvalue weighted by atomic mass is 10.2. The lowest BCUT2D eigenvalue weighted by molar-refractivity contribution is 0.0994. The molecule has 16 heavy (non-hydrogen) atoms. The Morgan fingerprint density at radius 3 is 3.00 bits per heavy atom. The summed E-state index contributed by atoms with van der Waals surface area (Å²) >= 11 is 0. The number of carbonyl (C=O) groups is 1. The van der Waals surface area contributed by atoms with E-state index in [1.165, 1.54) is 12.8 Å². The molecule has 0 aliphatic carbocycles. The molecule has 1 atom stereocenters. The van der Waals surface area contributed by atoms with Gasteiger partial charge < -0.3 is 16.4 Å². The number of carbonyl (C=O) groups excluding carboxylic acids is 1. The summed E-state index contributed by atoms with van der Waals surface area (Å²) in [4.78, 5) is 10.8. The molecule has 1 aromatic rings. The average molecular weight is 221 g/mol. The second-order valence-electron chi connectivity index (χ2n) is 3.84. The summed E-state index contributed by atoms with van der Waals surface area (Å²) in [7, 11) is 0. The minimum Gasteiger partial charge on any atom is -0.367 e. The Morgan fingerprint density at radius 2 is 2.44 bits per heavy atom. The van der Waals surface area contributed by atoms with Crippen molar-refractivity contribution in [3.63, 3.8) is 0 Å². The van der Waals surface area contributed by atoms with Crippen LogP contribution in [0.15, 0.2) is 12.1 Å². The van der Waals surface area contributed by atoms with Crippen molar-refractivity contribution in [2.24, 2.45) is 5.73 Å². The first-order chi connectivity index (χ1) is 7.75. The van der Waals surface area contributed by atoms with Crippen molar-refractivity contribution >= 4 is 11.7 Å². The molecule has 6 heteroatoms. The predicted octanol–water partition coefficient (Wildman–Crippen LogP) is -0.261. The maximum Gasteiger partial charge on any atom is 0.269 e. The lowest BCUT2D eigenvalue weighted by Gasteiger charge is -2.11. The van der Waals surface area contributed by atoms with Gasteiger partial charge in [0.15, 0.2) is 5.69 Å². The highest BCUT2D eigenvalue weighted by Crippen LogP contribution is 2.07. The van der Waals surface area contributed by atoms with Crippen molar-refractivity contribution < 1.29 is 4.79 Å². The van der Waals surface area contributed by atoms with Gasteiger partial charge in [0, 0.05) is 12.6 Å². The van der Waals surface area contributed by atoms with Gasteiger partial charge in [-0.1, -0.05) is 0 Å². The molecule has 1 amide bonds. The van der Waals surface area contributed by atoms with E-state index < -0.39 is 5.91 Å². The highest BCUT2D eigenvalue weighted by molar-refractivity contribution is 5.90. The molecule has 0 bridgehead atoms. The van der Waals surface area contributed by atoms with Crippen LogP contribution in [-0.4, -0.2) is 35.2 Å². The highest BCUT2D eigenvalue weighted by Gasteiger charge is 2.13. The fourth-order valence-corrected chi connectivity index (χ4v) is 1.72. The molecule has 1 aromatic heterocycles. The molecular weight excluding hydrogens is 206 g/mol. The van der Waals surface area contributed by atoms with Gasteiger partial charge in [-0.2, -0.15) is 0 Å². The van der Waals surface area contributed by atoms with Crippen LogP contribution in [-0.2, 0) is 0 Å². The summed E-state index contributed by atoms with van der Waals surface area (Å²) in [5, 5.41) is 14.1.